The van der Waals surface area contributed by atoms with E-state index in [1.54, 1.807) is 24.3 Å². The van der Waals surface area contributed by atoms with Crippen LogP contribution in [-0.4, -0.2) is 23.0 Å². The minimum atomic E-state index is -0.371. The Bertz CT molecular complexity index is 1090. The molecular formula is C19H16ClN3O3. The van der Waals surface area contributed by atoms with Gasteiger partial charge in [-0.15, -0.1) is 12.4 Å². The number of hydrogen-bond donors (Lipinski definition) is 1. The molecule has 0 unspecified atom stereocenters. The van der Waals surface area contributed by atoms with E-state index in [1.807, 2.05) is 31.2 Å². The van der Waals surface area contributed by atoms with E-state index in [4.69, 9.17) is 9.15 Å². The molecule has 0 radical (unpaired) electrons. The lowest BCUT2D eigenvalue weighted by Crippen LogP contribution is -2.02. The minimum absolute atomic E-state index is 0. The summed E-state index contributed by atoms with van der Waals surface area (Å²) in [6, 6.07) is 14.7. The Morgan fingerprint density at radius 3 is 2.54 bits per heavy atom. The van der Waals surface area contributed by atoms with Crippen molar-refractivity contribution in [3.8, 4) is 0 Å². The van der Waals surface area contributed by atoms with Crippen LogP contribution < -0.4 is 5.32 Å². The molecule has 132 valence electrons. The summed E-state index contributed by atoms with van der Waals surface area (Å²) < 4.78 is 10.6. The van der Waals surface area contributed by atoms with Gasteiger partial charge >= 0.3 is 5.97 Å². The van der Waals surface area contributed by atoms with Gasteiger partial charge in [0.05, 0.1) is 12.7 Å². The van der Waals surface area contributed by atoms with Crippen molar-refractivity contribution in [1.29, 1.82) is 0 Å². The number of halogens is 1. The van der Waals surface area contributed by atoms with Crippen molar-refractivity contribution in [2.45, 2.75) is 6.92 Å². The van der Waals surface area contributed by atoms with Gasteiger partial charge in [-0.05, 0) is 43.3 Å². The second-order valence-corrected chi connectivity index (χ2v) is 5.59. The van der Waals surface area contributed by atoms with Crippen molar-refractivity contribution < 1.29 is 13.9 Å². The molecule has 4 aromatic rings. The van der Waals surface area contributed by atoms with Gasteiger partial charge in [-0.3, -0.25) is 0 Å². The first-order valence-corrected chi connectivity index (χ1v) is 7.77. The lowest BCUT2D eigenvalue weighted by Gasteiger charge is -2.07. The standard InChI is InChI=1S/C19H15N3O3.ClH/c1-11-20-16-14-5-3-4-6-15(14)25-17(16)18(21-11)22-13-9-7-12(8-10-13)19(23)24-2;/h3-10H,1-2H3,(H,20,21,22);1H. The van der Waals surface area contributed by atoms with E-state index in [2.05, 4.69) is 15.3 Å². The van der Waals surface area contributed by atoms with Gasteiger partial charge in [0.2, 0.25) is 0 Å². The smallest absolute Gasteiger partial charge is 0.337 e. The maximum absolute atomic E-state index is 11.5. The quantitative estimate of drug-likeness (QED) is 0.530. The molecular weight excluding hydrogens is 354 g/mol. The van der Waals surface area contributed by atoms with Crippen molar-refractivity contribution in [3.63, 3.8) is 0 Å². The SMILES string of the molecule is COC(=O)c1ccc(Nc2nc(C)nc3c2oc2ccccc23)cc1.Cl. The summed E-state index contributed by atoms with van der Waals surface area (Å²) in [5.41, 5.74) is 3.41. The van der Waals surface area contributed by atoms with Crippen LogP contribution in [-0.2, 0) is 4.74 Å². The molecule has 0 aliphatic carbocycles. The van der Waals surface area contributed by atoms with Crippen LogP contribution in [0.1, 0.15) is 16.2 Å². The molecule has 0 saturated carbocycles. The number of aromatic nitrogens is 2. The molecule has 0 saturated heterocycles. The molecule has 0 bridgehead atoms. The largest absolute Gasteiger partial charge is 0.465 e. The molecule has 26 heavy (non-hydrogen) atoms. The third-order valence-electron chi connectivity index (χ3n) is 3.90. The fraction of sp³-hybridized carbons (Fsp3) is 0.105. The number of carbonyl (C=O) groups excluding carboxylic acids is 1. The third-order valence-corrected chi connectivity index (χ3v) is 3.90. The van der Waals surface area contributed by atoms with E-state index in [0.717, 1.165) is 22.2 Å². The number of aryl methyl sites for hydroxylation is 1. The molecule has 2 heterocycles. The van der Waals surface area contributed by atoms with Crippen LogP contribution in [0.25, 0.3) is 22.1 Å². The molecule has 0 spiro atoms. The molecule has 2 aromatic carbocycles. The molecule has 0 aliphatic rings. The van der Waals surface area contributed by atoms with Crippen LogP contribution in [0.3, 0.4) is 0 Å². The van der Waals surface area contributed by atoms with E-state index in [0.29, 0.717) is 22.8 Å². The molecule has 0 fully saturated rings. The lowest BCUT2D eigenvalue weighted by molar-refractivity contribution is 0.0601. The van der Waals surface area contributed by atoms with Crippen LogP contribution in [0.5, 0.6) is 0 Å². The normalized spacial score (nSPS) is 10.5. The molecule has 1 N–H and O–H groups in total. The fourth-order valence-electron chi connectivity index (χ4n) is 2.73. The predicted molar refractivity (Wildman–Crippen MR) is 102 cm³/mol. The first-order chi connectivity index (χ1) is 12.2. The Morgan fingerprint density at radius 2 is 1.81 bits per heavy atom. The number of ether oxygens (including phenoxy) is 1. The van der Waals surface area contributed by atoms with E-state index in [9.17, 15) is 4.79 Å². The van der Waals surface area contributed by atoms with E-state index in [1.165, 1.54) is 7.11 Å². The maximum atomic E-state index is 11.5. The minimum Gasteiger partial charge on any atom is -0.465 e. The fourth-order valence-corrected chi connectivity index (χ4v) is 2.73. The zero-order valence-corrected chi connectivity index (χ0v) is 15.0. The van der Waals surface area contributed by atoms with Crippen LogP contribution >= 0.6 is 12.4 Å². The summed E-state index contributed by atoms with van der Waals surface area (Å²) in [6.45, 7) is 1.84. The van der Waals surface area contributed by atoms with Gasteiger partial charge in [0.1, 0.15) is 16.9 Å². The topological polar surface area (TPSA) is 77.2 Å². The van der Waals surface area contributed by atoms with Crippen molar-refractivity contribution in [3.05, 3.63) is 59.9 Å². The summed E-state index contributed by atoms with van der Waals surface area (Å²) in [7, 11) is 1.36. The molecule has 7 heteroatoms. The highest BCUT2D eigenvalue weighted by Crippen LogP contribution is 2.32. The molecule has 6 nitrogen and oxygen atoms in total. The number of benzene rings is 2. The van der Waals surface area contributed by atoms with Gasteiger partial charge < -0.3 is 14.5 Å². The monoisotopic (exact) mass is 369 g/mol. The first kappa shape index (κ1) is 17.7. The Morgan fingerprint density at radius 1 is 1.08 bits per heavy atom. The van der Waals surface area contributed by atoms with Gasteiger partial charge in [0.25, 0.3) is 0 Å². The number of methoxy groups -OCH3 is 1. The van der Waals surface area contributed by atoms with Gasteiger partial charge in [-0.1, -0.05) is 12.1 Å². The number of hydrogen-bond acceptors (Lipinski definition) is 6. The predicted octanol–water partition coefficient (Wildman–Crippen LogP) is 4.64. The zero-order chi connectivity index (χ0) is 17.4. The van der Waals surface area contributed by atoms with Crippen molar-refractivity contribution in [2.24, 2.45) is 0 Å². The number of furan rings is 1. The number of para-hydroxylation sites is 1. The number of nitrogens with zero attached hydrogens (tertiary/aromatic N) is 2. The second kappa shape index (κ2) is 7.01. The Hall–Kier alpha value is -3.12. The lowest BCUT2D eigenvalue weighted by atomic mass is 10.2. The Balaban J connectivity index is 0.00000196. The van der Waals surface area contributed by atoms with E-state index >= 15 is 0 Å². The number of esters is 1. The summed E-state index contributed by atoms with van der Waals surface area (Å²) in [6.07, 6.45) is 0. The first-order valence-electron chi connectivity index (χ1n) is 7.77. The third kappa shape index (κ3) is 3.07. The Labute approximate surface area is 155 Å². The molecule has 4 rings (SSSR count). The van der Waals surface area contributed by atoms with Crippen molar-refractivity contribution in [2.75, 3.05) is 12.4 Å². The van der Waals surface area contributed by atoms with Crippen LogP contribution in [0.15, 0.2) is 52.9 Å². The highest BCUT2D eigenvalue weighted by Gasteiger charge is 2.14. The molecule has 0 atom stereocenters. The number of carbonyl (C=O) groups is 1. The van der Waals surface area contributed by atoms with Crippen LogP contribution in [0.2, 0.25) is 0 Å². The zero-order valence-electron chi connectivity index (χ0n) is 14.1. The number of nitrogens with one attached hydrogen (secondary N) is 1. The number of fused-ring (bicyclic) bond motifs is 3. The average Bonchev–Trinajstić information content (AvgIpc) is 3.00. The Kier molecular flexibility index (Phi) is 4.77. The van der Waals surface area contributed by atoms with Crippen LogP contribution in [0, 0.1) is 6.92 Å². The van der Waals surface area contributed by atoms with Crippen molar-refractivity contribution >= 4 is 52.0 Å². The highest BCUT2D eigenvalue weighted by atomic mass is 35.5. The van der Waals surface area contributed by atoms with E-state index < -0.39 is 0 Å². The number of rotatable bonds is 3. The second-order valence-electron chi connectivity index (χ2n) is 5.59. The molecule has 0 aliphatic heterocycles. The van der Waals surface area contributed by atoms with Gasteiger partial charge in [0.15, 0.2) is 11.4 Å². The van der Waals surface area contributed by atoms with Gasteiger partial charge in [-0.2, -0.15) is 0 Å². The highest BCUT2D eigenvalue weighted by molar-refractivity contribution is 6.06. The molecule has 2 aromatic heterocycles. The van der Waals surface area contributed by atoms with Gasteiger partial charge in [0, 0.05) is 11.1 Å². The molecule has 0 amide bonds. The maximum Gasteiger partial charge on any atom is 0.337 e. The van der Waals surface area contributed by atoms with Gasteiger partial charge in [-0.25, -0.2) is 14.8 Å². The van der Waals surface area contributed by atoms with Crippen LogP contribution in [0.4, 0.5) is 11.5 Å². The summed E-state index contributed by atoms with van der Waals surface area (Å²) in [4.78, 5) is 20.5. The van der Waals surface area contributed by atoms with E-state index in [-0.39, 0.29) is 18.4 Å². The average molecular weight is 370 g/mol. The summed E-state index contributed by atoms with van der Waals surface area (Å²) in [5, 5.41) is 4.19. The van der Waals surface area contributed by atoms with Crippen molar-refractivity contribution in [1.82, 2.24) is 9.97 Å². The number of anilines is 2. The summed E-state index contributed by atoms with van der Waals surface area (Å²) in [5.74, 6) is 0.862. The summed E-state index contributed by atoms with van der Waals surface area (Å²) >= 11 is 0.